The number of hydrogen-bond donors (Lipinski definition) is 4. The molecular weight excluding hydrogens is 476 g/mol. The lowest BCUT2D eigenvalue weighted by atomic mass is 9.99. The van der Waals surface area contributed by atoms with Crippen LogP contribution in [-0.2, 0) is 9.59 Å². The molecule has 0 heterocycles. The Hall–Kier alpha value is -3.68. The molecule has 0 saturated heterocycles. The van der Waals surface area contributed by atoms with Crippen LogP contribution in [0.15, 0.2) is 48.6 Å². The van der Waals surface area contributed by atoms with E-state index in [-0.39, 0.29) is 17.4 Å². The first-order valence-corrected chi connectivity index (χ1v) is 11.1. The number of carboxylic acid groups (broad SMARTS) is 1. The highest BCUT2D eigenvalue weighted by Crippen LogP contribution is 2.33. The number of nitrogens with one attached hydrogen (secondary N) is 1. The maximum Gasteiger partial charge on any atom is 0.341 e. The minimum Gasteiger partial charge on any atom is -0.479 e. The molecule has 0 bridgehead atoms. The minimum atomic E-state index is -1.24. The van der Waals surface area contributed by atoms with Crippen LogP contribution in [-0.4, -0.2) is 36.7 Å². The summed E-state index contributed by atoms with van der Waals surface area (Å²) in [7, 11) is 0. The van der Waals surface area contributed by atoms with Gasteiger partial charge in [0.25, 0.3) is 0 Å². The summed E-state index contributed by atoms with van der Waals surface area (Å²) < 4.78 is 33.7. The predicted octanol–water partition coefficient (Wildman–Crippen LogP) is 3.90. The number of thiol groups is 1. The molecule has 0 aromatic heterocycles. The van der Waals surface area contributed by atoms with Crippen molar-refractivity contribution in [3.05, 3.63) is 76.9 Å². The van der Waals surface area contributed by atoms with E-state index in [1.807, 2.05) is 0 Å². The highest BCUT2D eigenvalue weighted by molar-refractivity contribution is 7.90. The van der Waals surface area contributed by atoms with Gasteiger partial charge >= 0.3 is 5.97 Å². The van der Waals surface area contributed by atoms with Crippen LogP contribution in [0.25, 0.3) is 10.5 Å². The zero-order valence-corrected chi connectivity index (χ0v) is 19.6. The van der Waals surface area contributed by atoms with Crippen molar-refractivity contribution in [2.24, 2.45) is 5.73 Å². The molecule has 2 aromatic carbocycles. The number of carboxylic acids is 1. The average molecular weight is 502 g/mol. The first kappa shape index (κ1) is 27.6. The number of amides is 1. The molecule has 0 radical (unpaired) electrons. The molecule has 1 unspecified atom stereocenters. The smallest absolute Gasteiger partial charge is 0.341 e. The van der Waals surface area contributed by atoms with E-state index in [1.165, 1.54) is 24.3 Å². The molecule has 0 spiro atoms. The van der Waals surface area contributed by atoms with E-state index in [9.17, 15) is 18.4 Å². The second-order valence-corrected chi connectivity index (χ2v) is 7.96. The Morgan fingerprint density at radius 2 is 1.94 bits per heavy atom. The van der Waals surface area contributed by atoms with Gasteiger partial charge in [0.2, 0.25) is 6.41 Å². The number of nitrogens with zero attached hydrogens (tertiary/aromatic N) is 1. The fourth-order valence-corrected chi connectivity index (χ4v) is 3.49. The van der Waals surface area contributed by atoms with Gasteiger partial charge in [-0.2, -0.15) is 5.26 Å². The van der Waals surface area contributed by atoms with Gasteiger partial charge in [0.15, 0.2) is 18.2 Å². The van der Waals surface area contributed by atoms with Crippen LogP contribution in [0.1, 0.15) is 36.0 Å². The van der Waals surface area contributed by atoms with Crippen molar-refractivity contribution in [2.75, 3.05) is 13.2 Å². The number of ether oxygens (including phenoxy) is 1. The molecule has 7 nitrogen and oxygen atoms in total. The van der Waals surface area contributed by atoms with E-state index >= 15 is 0 Å². The van der Waals surface area contributed by atoms with Gasteiger partial charge in [-0.15, -0.1) is 12.6 Å². The summed E-state index contributed by atoms with van der Waals surface area (Å²) in [6.07, 6.45) is 5.98. The lowest BCUT2D eigenvalue weighted by Gasteiger charge is -2.12. The number of benzene rings is 2. The number of carbonyl (C=O) groups excluding carboxylic acids is 1. The summed E-state index contributed by atoms with van der Waals surface area (Å²) in [5, 5.41) is 20.3. The minimum absolute atomic E-state index is 0.116. The van der Waals surface area contributed by atoms with Gasteiger partial charge in [-0.25, -0.2) is 13.6 Å². The number of nitriles is 1. The zero-order valence-electron chi connectivity index (χ0n) is 18.7. The number of nitrogens with two attached hydrogens (primary N) is 1. The Morgan fingerprint density at radius 3 is 2.57 bits per heavy atom. The summed E-state index contributed by atoms with van der Waals surface area (Å²) >= 11 is 4.55. The van der Waals surface area contributed by atoms with Crippen LogP contribution in [0.2, 0.25) is 0 Å². The van der Waals surface area contributed by atoms with E-state index in [4.69, 9.17) is 20.8 Å². The van der Waals surface area contributed by atoms with E-state index in [2.05, 4.69) is 17.9 Å². The largest absolute Gasteiger partial charge is 0.479 e. The van der Waals surface area contributed by atoms with Crippen LogP contribution in [0.5, 0.6) is 5.75 Å². The summed E-state index contributed by atoms with van der Waals surface area (Å²) in [5.41, 5.74) is 7.22. The van der Waals surface area contributed by atoms with Gasteiger partial charge in [0.1, 0.15) is 11.9 Å². The lowest BCUT2D eigenvalue weighted by molar-refractivity contribution is -0.139. The van der Waals surface area contributed by atoms with Crippen LogP contribution in [0.4, 0.5) is 8.78 Å². The van der Waals surface area contributed by atoms with Gasteiger partial charge in [-0.1, -0.05) is 18.2 Å². The highest BCUT2D eigenvalue weighted by Gasteiger charge is 2.13. The molecule has 1 atom stereocenters. The van der Waals surface area contributed by atoms with Gasteiger partial charge in [0.05, 0.1) is 5.56 Å². The van der Waals surface area contributed by atoms with Gasteiger partial charge in [0, 0.05) is 17.5 Å². The summed E-state index contributed by atoms with van der Waals surface area (Å²) in [6.45, 7) is -0.168. The molecule has 0 aliphatic carbocycles. The molecule has 184 valence electrons. The molecule has 4 N–H and O–H groups in total. The number of halogens is 2. The molecule has 0 saturated carbocycles. The van der Waals surface area contributed by atoms with E-state index in [0.717, 1.165) is 6.07 Å². The van der Waals surface area contributed by atoms with Crippen LogP contribution in [0, 0.1) is 23.0 Å². The van der Waals surface area contributed by atoms with Crippen molar-refractivity contribution >= 4 is 35.5 Å². The predicted molar refractivity (Wildman–Crippen MR) is 131 cm³/mol. The highest BCUT2D eigenvalue weighted by atomic mass is 32.1. The van der Waals surface area contributed by atoms with Crippen LogP contribution in [0.3, 0.4) is 0 Å². The van der Waals surface area contributed by atoms with E-state index in [1.54, 1.807) is 24.3 Å². The fourth-order valence-electron chi connectivity index (χ4n) is 3.15. The van der Waals surface area contributed by atoms with Crippen molar-refractivity contribution in [1.29, 1.82) is 5.26 Å². The average Bonchev–Trinajstić information content (AvgIpc) is 2.83. The monoisotopic (exact) mass is 501 g/mol. The topological polar surface area (TPSA) is 125 Å². The Morgan fingerprint density at radius 1 is 1.23 bits per heavy atom. The first-order valence-electron chi connectivity index (χ1n) is 10.6. The van der Waals surface area contributed by atoms with E-state index < -0.39 is 24.2 Å². The molecule has 0 aliphatic heterocycles. The quantitative estimate of drug-likeness (QED) is 0.108. The Bertz CT molecular complexity index is 1160. The van der Waals surface area contributed by atoms with Crippen molar-refractivity contribution < 1.29 is 28.2 Å². The molecule has 2 rings (SSSR count). The fraction of sp³-hybridized carbons (Fsp3) is 0.240. The Kier molecular flexibility index (Phi) is 10.9. The van der Waals surface area contributed by atoms with E-state index in [0.29, 0.717) is 53.8 Å². The normalized spacial score (nSPS) is 12.5. The van der Waals surface area contributed by atoms with Gasteiger partial charge in [-0.05, 0) is 66.3 Å². The third-order valence-corrected chi connectivity index (χ3v) is 5.41. The third kappa shape index (κ3) is 8.55. The van der Waals surface area contributed by atoms with Crippen molar-refractivity contribution in [3.63, 3.8) is 0 Å². The molecule has 2 aromatic rings. The zero-order chi connectivity index (χ0) is 25.8. The van der Waals surface area contributed by atoms with Crippen molar-refractivity contribution in [1.82, 2.24) is 5.32 Å². The molecule has 1 amide bonds. The number of hydrogen-bond acceptors (Lipinski definition) is 6. The molecular formula is C25H25F2N3O4S. The number of carbonyl (C=O) groups is 2. The molecule has 35 heavy (non-hydrogen) atoms. The second kappa shape index (κ2) is 13.9. The summed E-state index contributed by atoms with van der Waals surface area (Å²) in [5.74, 6) is -2.96. The SMILES string of the molecule is N#Cc1ccc(C(/C=C/CC(N)CCCNC=O)=C(/S)c2ccc(OCC(=O)O)c(F)c2)cc1F. The summed E-state index contributed by atoms with van der Waals surface area (Å²) in [6, 6.07) is 9.61. The number of rotatable bonds is 13. The maximum absolute atomic E-state index is 14.5. The third-order valence-electron chi connectivity index (χ3n) is 4.91. The summed E-state index contributed by atoms with van der Waals surface area (Å²) in [4.78, 5) is 21.3. The molecule has 0 fully saturated rings. The van der Waals surface area contributed by atoms with Crippen LogP contribution >= 0.6 is 12.6 Å². The maximum atomic E-state index is 14.5. The Labute approximate surface area is 207 Å². The van der Waals surface area contributed by atoms with Gasteiger partial charge < -0.3 is 20.9 Å². The molecule has 0 aliphatic rings. The number of allylic oxidation sites excluding steroid dienone is 2. The molecule has 10 heteroatoms. The first-order chi connectivity index (χ1) is 16.8. The number of aliphatic carboxylic acids is 1. The van der Waals surface area contributed by atoms with Crippen molar-refractivity contribution in [2.45, 2.75) is 25.3 Å². The lowest BCUT2D eigenvalue weighted by Crippen LogP contribution is -2.21. The van der Waals surface area contributed by atoms with Crippen LogP contribution < -0.4 is 15.8 Å². The van der Waals surface area contributed by atoms with Crippen molar-refractivity contribution in [3.8, 4) is 11.8 Å². The second-order valence-electron chi connectivity index (χ2n) is 7.51. The Balaban J connectivity index is 2.36. The van der Waals surface area contributed by atoms with Gasteiger partial charge in [-0.3, -0.25) is 4.79 Å². The standard InChI is InChI=1S/C25H25F2N3O4S/c26-21-11-16(6-7-18(21)13-28)20(5-1-3-19(29)4-2-10-30-15-31)25(35)17-8-9-23(22(27)12-17)34-14-24(32)33/h1,5-9,11-12,15,19,35H,2-4,10,14,29H2,(H,30,31)(H,32,33)/b5-1+,25-20+.